The summed E-state index contributed by atoms with van der Waals surface area (Å²) in [6.07, 6.45) is 7.80. The summed E-state index contributed by atoms with van der Waals surface area (Å²) in [7, 11) is 3.92. The van der Waals surface area contributed by atoms with Gasteiger partial charge in [0.2, 0.25) is 0 Å². The third-order valence-electron chi connectivity index (χ3n) is 9.11. The first kappa shape index (κ1) is 18.5. The number of fused-ring (bicyclic) bond motifs is 1. The molecule has 1 saturated carbocycles. The fraction of sp³-hybridized carbons (Fsp3) is 0.667. The molecule has 0 radical (unpaired) electrons. The van der Waals surface area contributed by atoms with Gasteiger partial charge in [-0.3, -0.25) is 4.90 Å². The molecule has 0 bridgehead atoms. The van der Waals surface area contributed by atoms with E-state index >= 15 is 0 Å². The van der Waals surface area contributed by atoms with Gasteiger partial charge in [-0.2, -0.15) is 0 Å². The zero-order chi connectivity index (χ0) is 19.9. The molecule has 4 aliphatic rings. The molecule has 1 spiro atoms. The van der Waals surface area contributed by atoms with Crippen molar-refractivity contribution >= 4 is 5.69 Å². The van der Waals surface area contributed by atoms with Gasteiger partial charge < -0.3 is 14.7 Å². The van der Waals surface area contributed by atoms with E-state index in [4.69, 9.17) is 4.74 Å². The van der Waals surface area contributed by atoms with Gasteiger partial charge in [-0.25, -0.2) is 0 Å². The second-order valence-corrected chi connectivity index (χ2v) is 9.52. The molecule has 28 heavy (non-hydrogen) atoms. The Balaban J connectivity index is 1.83. The molecule has 0 aromatic heterocycles. The minimum absolute atomic E-state index is 0.0123. The van der Waals surface area contributed by atoms with Crippen LogP contribution in [0.5, 0.6) is 5.75 Å². The monoisotopic (exact) mass is 382 g/mol. The smallest absolute Gasteiger partial charge is 0.120 e. The number of rotatable bonds is 3. The predicted molar refractivity (Wildman–Crippen MR) is 113 cm³/mol. The van der Waals surface area contributed by atoms with Crippen molar-refractivity contribution < 1.29 is 9.84 Å². The molecule has 4 heteroatoms. The first-order chi connectivity index (χ1) is 13.4. The average Bonchev–Trinajstić information content (AvgIpc) is 3.23. The fourth-order valence-corrected chi connectivity index (χ4v) is 7.94. The summed E-state index contributed by atoms with van der Waals surface area (Å²) in [6.45, 7) is 8.94. The van der Waals surface area contributed by atoms with Crippen LogP contribution in [0, 0.1) is 11.3 Å². The van der Waals surface area contributed by atoms with Crippen LogP contribution in [-0.2, 0) is 5.41 Å². The van der Waals surface area contributed by atoms with Crippen molar-refractivity contribution in [3.05, 3.63) is 35.9 Å². The lowest BCUT2D eigenvalue weighted by atomic mass is 9.45. The number of hydrogen-bond acceptors (Lipinski definition) is 4. The summed E-state index contributed by atoms with van der Waals surface area (Å²) in [6, 6.07) is 7.13. The van der Waals surface area contributed by atoms with E-state index in [-0.39, 0.29) is 22.8 Å². The highest BCUT2D eigenvalue weighted by atomic mass is 16.5. The molecule has 0 unspecified atom stereocenters. The molecule has 1 aliphatic carbocycles. The zero-order valence-corrected chi connectivity index (χ0v) is 17.9. The summed E-state index contributed by atoms with van der Waals surface area (Å²) in [5.74, 6) is 1.10. The quantitative estimate of drug-likeness (QED) is 0.811. The molecule has 0 amide bonds. The van der Waals surface area contributed by atoms with Gasteiger partial charge >= 0.3 is 0 Å². The molecule has 3 heterocycles. The minimum Gasteiger partial charge on any atom is -0.497 e. The van der Waals surface area contributed by atoms with Crippen LogP contribution in [0.3, 0.4) is 0 Å². The fourth-order valence-electron chi connectivity index (χ4n) is 7.94. The molecule has 1 N–H and O–H groups in total. The van der Waals surface area contributed by atoms with E-state index < -0.39 is 5.60 Å². The van der Waals surface area contributed by atoms with Gasteiger partial charge in [-0.15, -0.1) is 0 Å². The lowest BCUT2D eigenvalue weighted by Gasteiger charge is -2.65. The van der Waals surface area contributed by atoms with E-state index in [1.807, 2.05) is 0 Å². The van der Waals surface area contributed by atoms with E-state index in [0.717, 1.165) is 38.1 Å². The van der Waals surface area contributed by atoms with Crippen LogP contribution in [0.2, 0.25) is 0 Å². The maximum absolute atomic E-state index is 12.3. The van der Waals surface area contributed by atoms with E-state index in [2.05, 4.69) is 68.0 Å². The first-order valence-electron chi connectivity index (χ1n) is 11.0. The van der Waals surface area contributed by atoms with Crippen LogP contribution >= 0.6 is 0 Å². The van der Waals surface area contributed by atoms with Crippen LogP contribution < -0.4 is 9.64 Å². The first-order valence-corrected chi connectivity index (χ1v) is 11.0. The highest BCUT2D eigenvalue weighted by Gasteiger charge is 2.74. The summed E-state index contributed by atoms with van der Waals surface area (Å²) in [5.41, 5.74) is 1.91. The van der Waals surface area contributed by atoms with Crippen LogP contribution in [-0.4, -0.2) is 54.9 Å². The molecule has 5 rings (SSSR count). The Kier molecular flexibility index (Phi) is 3.81. The van der Waals surface area contributed by atoms with Crippen molar-refractivity contribution in [3.63, 3.8) is 0 Å². The highest BCUT2D eigenvalue weighted by Crippen LogP contribution is 2.68. The summed E-state index contributed by atoms with van der Waals surface area (Å²) >= 11 is 0. The maximum atomic E-state index is 12.3. The molecule has 1 saturated heterocycles. The summed E-state index contributed by atoms with van der Waals surface area (Å²) in [4.78, 5) is 5.09. The van der Waals surface area contributed by atoms with Crippen molar-refractivity contribution in [1.82, 2.24) is 4.90 Å². The Morgan fingerprint density at radius 2 is 2.00 bits per heavy atom. The predicted octanol–water partition coefficient (Wildman–Crippen LogP) is 3.58. The molecule has 1 aromatic carbocycles. The number of aliphatic hydroxyl groups is 1. The minimum atomic E-state index is -0.731. The lowest BCUT2D eigenvalue weighted by molar-refractivity contribution is -0.157. The van der Waals surface area contributed by atoms with Crippen molar-refractivity contribution in [3.8, 4) is 5.75 Å². The van der Waals surface area contributed by atoms with E-state index in [9.17, 15) is 5.11 Å². The molecular weight excluding hydrogens is 348 g/mol. The SMILES string of the molecule is CC[C@]1(O)[C@H](C)[C@]2(CC)C=CCN3CC[C@@]4(c5ccc(OC)cc5N(C)[C@@H]14)[C@@H]32. The van der Waals surface area contributed by atoms with Crippen molar-refractivity contribution in [2.75, 3.05) is 32.1 Å². The maximum Gasteiger partial charge on any atom is 0.120 e. The number of ether oxygens (including phenoxy) is 1. The number of nitrogens with zero attached hydrogens (tertiary/aromatic N) is 2. The van der Waals surface area contributed by atoms with Gasteiger partial charge in [-0.1, -0.05) is 39.0 Å². The number of methoxy groups -OCH3 is 1. The Hall–Kier alpha value is -1.52. The normalized spacial score (nSPS) is 43.6. The number of likely N-dealkylation sites (N-methyl/N-ethyl adjacent to an activating group) is 1. The Morgan fingerprint density at radius 1 is 1.21 bits per heavy atom. The number of benzene rings is 1. The van der Waals surface area contributed by atoms with Crippen LogP contribution in [0.1, 0.15) is 45.6 Å². The standard InChI is InChI=1S/C24H34N2O2/c1-6-22-11-8-13-26-14-12-23(20(22)26)18-10-9-17(28-5)15-19(18)25(4)21(23)24(27,7-2)16(22)3/h8-11,15-16,20-21,27H,6-7,12-14H2,1-5H3/t16-,20+,21-,22+,23-,24+/m1/s1. The van der Waals surface area contributed by atoms with E-state index in [1.165, 1.54) is 11.3 Å². The Morgan fingerprint density at radius 3 is 2.68 bits per heavy atom. The molecule has 4 nitrogen and oxygen atoms in total. The van der Waals surface area contributed by atoms with Gasteiger partial charge in [0.05, 0.1) is 18.8 Å². The van der Waals surface area contributed by atoms with Crippen molar-refractivity contribution in [1.29, 1.82) is 0 Å². The van der Waals surface area contributed by atoms with Crippen LogP contribution in [0.4, 0.5) is 5.69 Å². The number of anilines is 1. The summed E-state index contributed by atoms with van der Waals surface area (Å²) < 4.78 is 5.55. The van der Waals surface area contributed by atoms with E-state index in [0.29, 0.717) is 6.04 Å². The Labute approximate surface area is 169 Å². The molecule has 2 fully saturated rings. The van der Waals surface area contributed by atoms with E-state index in [1.54, 1.807) is 7.11 Å². The van der Waals surface area contributed by atoms with Gasteiger partial charge in [-0.05, 0) is 43.4 Å². The second kappa shape index (κ2) is 5.76. The lowest BCUT2D eigenvalue weighted by Crippen LogP contribution is -2.75. The molecule has 152 valence electrons. The van der Waals surface area contributed by atoms with Gasteiger partial charge in [0.15, 0.2) is 0 Å². The van der Waals surface area contributed by atoms with Crippen molar-refractivity contribution in [2.45, 2.75) is 63.1 Å². The van der Waals surface area contributed by atoms with Crippen LogP contribution in [0.15, 0.2) is 30.4 Å². The van der Waals surface area contributed by atoms with Crippen molar-refractivity contribution in [2.24, 2.45) is 11.3 Å². The van der Waals surface area contributed by atoms with Gasteiger partial charge in [0.1, 0.15) is 5.75 Å². The molecule has 3 aliphatic heterocycles. The third-order valence-corrected chi connectivity index (χ3v) is 9.11. The third kappa shape index (κ3) is 1.80. The zero-order valence-electron chi connectivity index (χ0n) is 17.9. The average molecular weight is 383 g/mol. The summed E-state index contributed by atoms with van der Waals surface area (Å²) in [5, 5.41) is 12.3. The Bertz CT molecular complexity index is 838. The molecular formula is C24H34N2O2. The highest BCUT2D eigenvalue weighted by molar-refractivity contribution is 5.69. The largest absolute Gasteiger partial charge is 0.497 e. The van der Waals surface area contributed by atoms with Gasteiger partial charge in [0.25, 0.3) is 0 Å². The molecule has 1 aromatic rings. The van der Waals surface area contributed by atoms with Gasteiger partial charge in [0, 0.05) is 42.2 Å². The number of hydrogen-bond donors (Lipinski definition) is 1. The topological polar surface area (TPSA) is 35.9 Å². The molecule has 6 atom stereocenters. The second-order valence-electron chi connectivity index (χ2n) is 9.52. The van der Waals surface area contributed by atoms with Crippen LogP contribution in [0.25, 0.3) is 0 Å².